The minimum absolute atomic E-state index is 0.150. The molecule has 11 heteroatoms. The van der Waals surface area contributed by atoms with Gasteiger partial charge in [-0.15, -0.1) is 11.3 Å². The van der Waals surface area contributed by atoms with E-state index in [0.29, 0.717) is 46.6 Å². The summed E-state index contributed by atoms with van der Waals surface area (Å²) >= 11 is 8.70. The first-order valence-electron chi connectivity index (χ1n) is 9.80. The summed E-state index contributed by atoms with van der Waals surface area (Å²) in [7, 11) is -1.96. The van der Waals surface area contributed by atoms with E-state index in [1.165, 1.54) is 27.0 Å². The largest absolute Gasteiger partial charge is 0.383 e. The summed E-state index contributed by atoms with van der Waals surface area (Å²) in [6.45, 7) is 1.59. The number of sulfonamides is 1. The van der Waals surface area contributed by atoms with E-state index < -0.39 is 15.9 Å². The van der Waals surface area contributed by atoms with E-state index in [0.717, 1.165) is 10.2 Å². The second-order valence-corrected chi connectivity index (χ2v) is 11.8. The van der Waals surface area contributed by atoms with E-state index in [2.05, 4.69) is 4.99 Å². The zero-order valence-corrected chi connectivity index (χ0v) is 20.1. The van der Waals surface area contributed by atoms with Gasteiger partial charge in [-0.3, -0.25) is 4.79 Å². The molecular weight excluding hydrogens is 478 g/mol. The molecule has 4 rings (SSSR count). The minimum Gasteiger partial charge on any atom is -0.383 e. The molecule has 1 fully saturated rings. The fraction of sp³-hybridized carbons (Fsp3) is 0.400. The second kappa shape index (κ2) is 9.51. The highest BCUT2D eigenvalue weighted by atomic mass is 35.5. The third-order valence-corrected chi connectivity index (χ3v) is 9.71. The number of thiazole rings is 1. The van der Waals surface area contributed by atoms with Crippen molar-refractivity contribution >= 4 is 60.4 Å². The summed E-state index contributed by atoms with van der Waals surface area (Å²) in [6, 6.07) is 8.87. The van der Waals surface area contributed by atoms with Crippen molar-refractivity contribution in [2.75, 3.05) is 26.8 Å². The van der Waals surface area contributed by atoms with Crippen LogP contribution in [0.15, 0.2) is 44.9 Å². The van der Waals surface area contributed by atoms with Crippen LogP contribution in [-0.2, 0) is 26.1 Å². The van der Waals surface area contributed by atoms with Gasteiger partial charge in [0.25, 0.3) is 15.9 Å². The van der Waals surface area contributed by atoms with Crippen LogP contribution in [0, 0.1) is 5.92 Å². The summed E-state index contributed by atoms with van der Waals surface area (Å²) in [5, 5.41) is 2.36. The van der Waals surface area contributed by atoms with Crippen molar-refractivity contribution in [1.82, 2.24) is 8.87 Å². The van der Waals surface area contributed by atoms with Crippen LogP contribution in [0.25, 0.3) is 10.2 Å². The summed E-state index contributed by atoms with van der Waals surface area (Å²) in [6.07, 6.45) is 1.25. The Morgan fingerprint density at radius 2 is 2.19 bits per heavy atom. The smallest absolute Gasteiger partial charge is 0.252 e. The SMILES string of the molecule is COCCn1c(=NC(=O)C2CCCN(S(=O)(=O)c3cccs3)C2)sc2cc(Cl)ccc21. The lowest BCUT2D eigenvalue weighted by Gasteiger charge is -2.29. The maximum absolute atomic E-state index is 13.0. The van der Waals surface area contributed by atoms with Gasteiger partial charge in [-0.2, -0.15) is 9.30 Å². The summed E-state index contributed by atoms with van der Waals surface area (Å²) in [5.41, 5.74) is 0.934. The summed E-state index contributed by atoms with van der Waals surface area (Å²) in [4.78, 5) is 18.0. The number of fused-ring (bicyclic) bond motifs is 1. The number of halogens is 1. The molecule has 0 saturated carbocycles. The Kier molecular flexibility index (Phi) is 6.95. The van der Waals surface area contributed by atoms with Gasteiger partial charge < -0.3 is 9.30 Å². The van der Waals surface area contributed by atoms with Crippen molar-refractivity contribution in [1.29, 1.82) is 0 Å². The predicted octanol–water partition coefficient (Wildman–Crippen LogP) is 3.59. The number of thiophene rings is 1. The highest BCUT2D eigenvalue weighted by molar-refractivity contribution is 7.91. The molecule has 0 bridgehead atoms. The van der Waals surface area contributed by atoms with Gasteiger partial charge in [0.15, 0.2) is 4.80 Å². The van der Waals surface area contributed by atoms with Crippen molar-refractivity contribution in [2.45, 2.75) is 23.6 Å². The second-order valence-electron chi connectivity index (χ2n) is 7.23. The van der Waals surface area contributed by atoms with Crippen LogP contribution in [0.4, 0.5) is 0 Å². The van der Waals surface area contributed by atoms with Crippen LogP contribution in [0.3, 0.4) is 0 Å². The standard InChI is InChI=1S/C20H22ClN3O4S3/c1-28-10-9-24-16-7-6-15(21)12-17(16)30-20(24)22-19(25)14-4-2-8-23(13-14)31(26,27)18-5-3-11-29-18/h3,5-7,11-12,14H,2,4,8-10,13H2,1H3. The van der Waals surface area contributed by atoms with Crippen LogP contribution < -0.4 is 4.80 Å². The lowest BCUT2D eigenvalue weighted by atomic mass is 9.99. The van der Waals surface area contributed by atoms with Crippen LogP contribution in [0.5, 0.6) is 0 Å². The number of methoxy groups -OCH3 is 1. The number of aromatic nitrogens is 1. The number of nitrogens with zero attached hydrogens (tertiary/aromatic N) is 3. The topological polar surface area (TPSA) is 81.0 Å². The van der Waals surface area contributed by atoms with Crippen molar-refractivity contribution in [2.24, 2.45) is 10.9 Å². The van der Waals surface area contributed by atoms with Gasteiger partial charge in [0.05, 0.1) is 22.7 Å². The molecule has 1 saturated heterocycles. The Hall–Kier alpha value is -1.56. The van der Waals surface area contributed by atoms with E-state index in [1.54, 1.807) is 30.7 Å². The van der Waals surface area contributed by atoms with Crippen molar-refractivity contribution in [3.63, 3.8) is 0 Å². The number of carbonyl (C=O) groups excluding carboxylic acids is 1. The lowest BCUT2D eigenvalue weighted by molar-refractivity contribution is -0.122. The molecule has 1 amide bonds. The first-order valence-corrected chi connectivity index (χ1v) is 13.3. The monoisotopic (exact) mass is 499 g/mol. The first kappa shape index (κ1) is 22.6. The third kappa shape index (κ3) is 4.79. The van der Waals surface area contributed by atoms with E-state index in [4.69, 9.17) is 16.3 Å². The van der Waals surface area contributed by atoms with E-state index in [1.807, 2.05) is 16.7 Å². The molecule has 0 N–H and O–H groups in total. The molecule has 0 aliphatic carbocycles. The van der Waals surface area contributed by atoms with Gasteiger partial charge in [-0.25, -0.2) is 8.42 Å². The van der Waals surface area contributed by atoms with Crippen LogP contribution in [0.1, 0.15) is 12.8 Å². The molecule has 166 valence electrons. The maximum Gasteiger partial charge on any atom is 0.252 e. The molecule has 0 radical (unpaired) electrons. The molecule has 1 unspecified atom stereocenters. The van der Waals surface area contributed by atoms with Crippen molar-refractivity contribution < 1.29 is 17.9 Å². The first-order chi connectivity index (χ1) is 14.9. The van der Waals surface area contributed by atoms with E-state index >= 15 is 0 Å². The number of benzene rings is 1. The van der Waals surface area contributed by atoms with Crippen LogP contribution >= 0.6 is 34.3 Å². The van der Waals surface area contributed by atoms with Crippen molar-refractivity contribution in [3.05, 3.63) is 45.5 Å². The number of carbonyl (C=O) groups is 1. The number of ether oxygens (including phenoxy) is 1. The van der Waals surface area contributed by atoms with Crippen LogP contribution in [-0.4, -0.2) is 50.0 Å². The highest BCUT2D eigenvalue weighted by Gasteiger charge is 2.33. The molecule has 3 aromatic rings. The van der Waals surface area contributed by atoms with Crippen LogP contribution in [0.2, 0.25) is 5.02 Å². The Labute approximate surface area is 193 Å². The molecule has 1 aliphatic heterocycles. The van der Waals surface area contributed by atoms with Gasteiger partial charge in [0.2, 0.25) is 0 Å². The molecule has 1 aliphatic rings. The summed E-state index contributed by atoms with van der Waals surface area (Å²) in [5.74, 6) is -0.761. The fourth-order valence-corrected chi connectivity index (χ4v) is 7.62. The zero-order valence-electron chi connectivity index (χ0n) is 16.9. The molecule has 2 aromatic heterocycles. The zero-order chi connectivity index (χ0) is 22.0. The highest BCUT2D eigenvalue weighted by Crippen LogP contribution is 2.27. The van der Waals surface area contributed by atoms with E-state index in [9.17, 15) is 13.2 Å². The quantitative estimate of drug-likeness (QED) is 0.519. The maximum atomic E-state index is 13.0. The molecule has 1 aromatic carbocycles. The lowest BCUT2D eigenvalue weighted by Crippen LogP contribution is -2.42. The van der Waals surface area contributed by atoms with Gasteiger partial charge in [0.1, 0.15) is 4.21 Å². The third-order valence-electron chi connectivity index (χ3n) is 5.19. The van der Waals surface area contributed by atoms with Gasteiger partial charge in [-0.1, -0.05) is 29.0 Å². The Morgan fingerprint density at radius 3 is 2.94 bits per heavy atom. The molecule has 31 heavy (non-hydrogen) atoms. The average Bonchev–Trinajstić information content (AvgIpc) is 3.41. The molecule has 1 atom stereocenters. The molecule has 7 nitrogen and oxygen atoms in total. The Morgan fingerprint density at radius 1 is 1.35 bits per heavy atom. The summed E-state index contributed by atoms with van der Waals surface area (Å²) < 4.78 is 35.5. The Bertz CT molecular complexity index is 1250. The number of hydrogen-bond acceptors (Lipinski definition) is 6. The van der Waals surface area contributed by atoms with E-state index in [-0.39, 0.29) is 12.5 Å². The molecule has 3 heterocycles. The Balaban J connectivity index is 1.63. The number of amides is 1. The van der Waals surface area contributed by atoms with Gasteiger partial charge >= 0.3 is 0 Å². The number of piperidine rings is 1. The van der Waals surface area contributed by atoms with Gasteiger partial charge in [0, 0.05) is 31.8 Å². The molecule has 0 spiro atoms. The fourth-order valence-electron chi connectivity index (χ4n) is 3.62. The number of rotatable bonds is 6. The minimum atomic E-state index is -3.58. The number of hydrogen-bond donors (Lipinski definition) is 0. The van der Waals surface area contributed by atoms with Gasteiger partial charge in [-0.05, 0) is 42.5 Å². The average molecular weight is 500 g/mol. The predicted molar refractivity (Wildman–Crippen MR) is 123 cm³/mol. The van der Waals surface area contributed by atoms with Crippen molar-refractivity contribution in [3.8, 4) is 0 Å². The normalized spacial score (nSPS) is 18.6. The molecular formula is C20H22ClN3O4S3.